The molecule has 2 aliphatic rings. The molecule has 1 unspecified atom stereocenters. The van der Waals surface area contributed by atoms with Crippen molar-refractivity contribution in [3.63, 3.8) is 0 Å². The molecule has 0 radical (unpaired) electrons. The lowest BCUT2D eigenvalue weighted by molar-refractivity contribution is -0.116. The number of amides is 2. The van der Waals surface area contributed by atoms with Gasteiger partial charge in [-0.2, -0.15) is 5.10 Å². The van der Waals surface area contributed by atoms with E-state index in [0.717, 1.165) is 79.0 Å². The van der Waals surface area contributed by atoms with Crippen LogP contribution in [0.2, 0.25) is 0 Å². The maximum absolute atomic E-state index is 12.4. The van der Waals surface area contributed by atoms with Crippen molar-refractivity contribution in [3.8, 4) is 0 Å². The quantitative estimate of drug-likeness (QED) is 0.272. The number of hydrogen-bond donors (Lipinski definition) is 2. The largest absolute Gasteiger partial charge is 0.501 e. The molecule has 0 fully saturated rings. The minimum atomic E-state index is -0.126. The molecular weight excluding hydrogens is 519 g/mol. The highest BCUT2D eigenvalue weighted by atomic mass is 32.1. The zero-order valence-electron chi connectivity index (χ0n) is 21.5. The molecule has 38 heavy (non-hydrogen) atoms. The maximum atomic E-state index is 12.4. The highest BCUT2D eigenvalue weighted by molar-refractivity contribution is 7.22. The molecule has 0 aromatic carbocycles. The Morgan fingerprint density at radius 3 is 2.42 bits per heavy atom. The Morgan fingerprint density at radius 1 is 0.921 bits per heavy atom. The van der Waals surface area contributed by atoms with Gasteiger partial charge in [-0.05, 0) is 67.1 Å². The van der Waals surface area contributed by atoms with Gasteiger partial charge in [-0.25, -0.2) is 0 Å². The van der Waals surface area contributed by atoms with E-state index in [1.54, 1.807) is 13.2 Å². The molecule has 2 aromatic heterocycles. The van der Waals surface area contributed by atoms with Crippen LogP contribution in [-0.2, 0) is 27.2 Å². The van der Waals surface area contributed by atoms with E-state index in [2.05, 4.69) is 52.4 Å². The summed E-state index contributed by atoms with van der Waals surface area (Å²) in [5.74, 6) is 1.11. The molecule has 2 aromatic rings. The van der Waals surface area contributed by atoms with E-state index in [9.17, 15) is 9.59 Å². The number of ether oxygens (including phenoxy) is 1. The molecule has 0 saturated carbocycles. The van der Waals surface area contributed by atoms with Gasteiger partial charge < -0.3 is 15.4 Å². The number of allylic oxidation sites excluding steroid dienone is 6. The first-order valence-corrected chi connectivity index (χ1v) is 14.2. The summed E-state index contributed by atoms with van der Waals surface area (Å²) < 4.78 is 5.39. The molecule has 0 bridgehead atoms. The summed E-state index contributed by atoms with van der Waals surface area (Å²) in [4.78, 5) is 24.8. The smallest absolute Gasteiger partial charge is 0.230 e. The van der Waals surface area contributed by atoms with Crippen LogP contribution in [0.4, 0.5) is 10.9 Å². The average molecular weight is 553 g/mol. The van der Waals surface area contributed by atoms with E-state index in [0.29, 0.717) is 17.4 Å². The molecule has 2 N–H and O–H groups in total. The highest BCUT2D eigenvalue weighted by Crippen LogP contribution is 2.27. The van der Waals surface area contributed by atoms with Crippen LogP contribution in [-0.4, -0.2) is 39.3 Å². The zero-order valence-corrected chi connectivity index (χ0v) is 23.5. The van der Waals surface area contributed by atoms with Gasteiger partial charge in [0.15, 0.2) is 5.82 Å². The van der Waals surface area contributed by atoms with E-state index >= 15 is 0 Å². The van der Waals surface area contributed by atoms with Crippen molar-refractivity contribution in [1.29, 1.82) is 0 Å². The van der Waals surface area contributed by atoms with Crippen LogP contribution in [0.15, 0.2) is 58.7 Å². The first-order chi connectivity index (χ1) is 18.5. The summed E-state index contributed by atoms with van der Waals surface area (Å²) in [5.41, 5.74) is 2.83. The van der Waals surface area contributed by atoms with Gasteiger partial charge in [-0.1, -0.05) is 35.6 Å². The first-order valence-electron chi connectivity index (χ1n) is 12.8. The van der Waals surface area contributed by atoms with E-state index in [4.69, 9.17) is 4.74 Å². The number of methoxy groups -OCH3 is 1. The number of unbranched alkanes of at least 4 members (excludes halogenated alkanes) is 1. The highest BCUT2D eigenvalue weighted by Gasteiger charge is 2.15. The van der Waals surface area contributed by atoms with Crippen LogP contribution in [0, 0.1) is 0 Å². The van der Waals surface area contributed by atoms with Crippen molar-refractivity contribution in [3.05, 3.63) is 69.4 Å². The standard InChI is InChI=1S/C27H33N6O3PS/c1-36-21-11-5-2-8-18(21)16-25(35)29-27-33-32-26(38-27)13-7-4-10-20-14-15-23(31-30-20)28-24(34)17-19-9-3-6-12-22(19)37/h2-3,8-9,14-15H,4-7,10-13,16-17,37H2,1H3,(H,28,31,34)(H,29,33,35). The zero-order chi connectivity index (χ0) is 26.7. The Bertz CT molecular complexity index is 1270. The summed E-state index contributed by atoms with van der Waals surface area (Å²) in [7, 11) is 4.37. The summed E-state index contributed by atoms with van der Waals surface area (Å²) in [6.07, 6.45) is 15.8. The number of carbonyl (C=O) groups is 2. The summed E-state index contributed by atoms with van der Waals surface area (Å²) in [5, 5.41) is 25.0. The molecule has 200 valence electrons. The number of rotatable bonds is 12. The fourth-order valence-electron chi connectivity index (χ4n) is 4.23. The molecule has 0 aliphatic heterocycles. The monoisotopic (exact) mass is 552 g/mol. The molecular formula is C27H33N6O3PS. The number of aromatic nitrogens is 4. The predicted octanol–water partition coefficient (Wildman–Crippen LogP) is 5.28. The summed E-state index contributed by atoms with van der Waals surface area (Å²) in [6, 6.07) is 3.69. The molecule has 9 nitrogen and oxygen atoms in total. The van der Waals surface area contributed by atoms with Crippen molar-refractivity contribution in [2.75, 3.05) is 17.7 Å². The Hall–Kier alpha value is -3.23. The second-order valence-electron chi connectivity index (χ2n) is 9.15. The predicted molar refractivity (Wildman–Crippen MR) is 153 cm³/mol. The van der Waals surface area contributed by atoms with Crippen LogP contribution in [0.25, 0.3) is 0 Å². The van der Waals surface area contributed by atoms with Crippen molar-refractivity contribution in [2.24, 2.45) is 0 Å². The topological polar surface area (TPSA) is 119 Å². The number of hydrogen-bond acceptors (Lipinski definition) is 8. The van der Waals surface area contributed by atoms with Gasteiger partial charge >= 0.3 is 0 Å². The van der Waals surface area contributed by atoms with Crippen molar-refractivity contribution >= 4 is 43.3 Å². The number of carbonyl (C=O) groups excluding carboxylic acids is 2. The molecule has 2 aliphatic carbocycles. The van der Waals surface area contributed by atoms with Gasteiger partial charge in [0.05, 0.1) is 31.4 Å². The minimum absolute atomic E-state index is 0.0937. The van der Waals surface area contributed by atoms with E-state index in [1.807, 2.05) is 18.2 Å². The van der Waals surface area contributed by atoms with E-state index in [1.165, 1.54) is 16.7 Å². The van der Waals surface area contributed by atoms with Gasteiger partial charge in [-0.3, -0.25) is 9.59 Å². The molecule has 1 atom stereocenters. The normalized spacial score (nSPS) is 15.1. The average Bonchev–Trinajstić information content (AvgIpc) is 3.36. The maximum Gasteiger partial charge on any atom is 0.230 e. The fraction of sp³-hybridized carbons (Fsp3) is 0.407. The van der Waals surface area contributed by atoms with Crippen LogP contribution >= 0.6 is 20.6 Å². The molecule has 11 heteroatoms. The molecule has 0 spiro atoms. The van der Waals surface area contributed by atoms with E-state index in [-0.39, 0.29) is 18.2 Å². The third kappa shape index (κ3) is 8.39. The van der Waals surface area contributed by atoms with Crippen LogP contribution in [0.3, 0.4) is 0 Å². The molecule has 4 rings (SSSR count). The number of aryl methyl sites for hydroxylation is 2. The van der Waals surface area contributed by atoms with Crippen molar-refractivity contribution in [2.45, 2.75) is 64.2 Å². The van der Waals surface area contributed by atoms with Gasteiger partial charge in [0.1, 0.15) is 5.01 Å². The van der Waals surface area contributed by atoms with Gasteiger partial charge in [0.25, 0.3) is 0 Å². The lowest BCUT2D eigenvalue weighted by Crippen LogP contribution is -2.14. The van der Waals surface area contributed by atoms with Crippen LogP contribution < -0.4 is 10.6 Å². The second kappa shape index (κ2) is 14.1. The van der Waals surface area contributed by atoms with Gasteiger partial charge in [0, 0.05) is 12.8 Å². The third-order valence-corrected chi connectivity index (χ3v) is 7.81. The van der Waals surface area contributed by atoms with Gasteiger partial charge in [-0.15, -0.1) is 24.5 Å². The molecule has 2 amide bonds. The fourth-order valence-corrected chi connectivity index (χ4v) is 5.40. The molecule has 0 saturated heterocycles. The van der Waals surface area contributed by atoms with E-state index < -0.39 is 0 Å². The summed E-state index contributed by atoms with van der Waals surface area (Å²) >= 11 is 1.40. The lowest BCUT2D eigenvalue weighted by atomic mass is 10.0. The second-order valence-corrected chi connectivity index (χ2v) is 10.9. The molecule has 2 heterocycles. The third-order valence-electron chi connectivity index (χ3n) is 6.25. The number of anilines is 2. The Balaban J connectivity index is 1.15. The van der Waals surface area contributed by atoms with Crippen LogP contribution in [0.1, 0.15) is 62.1 Å². The van der Waals surface area contributed by atoms with Crippen molar-refractivity contribution < 1.29 is 14.3 Å². The lowest BCUT2D eigenvalue weighted by Gasteiger charge is -2.14. The summed E-state index contributed by atoms with van der Waals surface area (Å²) in [6.45, 7) is 0. The number of nitrogens with zero attached hydrogens (tertiary/aromatic N) is 4. The Kier molecular flexibility index (Phi) is 10.3. The van der Waals surface area contributed by atoms with Crippen molar-refractivity contribution in [1.82, 2.24) is 20.4 Å². The van der Waals surface area contributed by atoms with Gasteiger partial charge in [0.2, 0.25) is 16.9 Å². The minimum Gasteiger partial charge on any atom is -0.501 e. The first kappa shape index (κ1) is 27.8. The van der Waals surface area contributed by atoms with Crippen LogP contribution in [0.5, 0.6) is 0 Å². The Morgan fingerprint density at radius 2 is 1.66 bits per heavy atom. The Labute approximate surface area is 229 Å². The number of nitrogens with one attached hydrogen (secondary N) is 2. The SMILES string of the molecule is COC1=C(CC(=O)Nc2nnc(CCCCc3ccc(NC(=O)CC4=C(P)CCC=C4)nn3)s2)C=CCC1.